The Labute approximate surface area is 154 Å². The van der Waals surface area contributed by atoms with Crippen molar-refractivity contribution in [2.24, 2.45) is 0 Å². The molecule has 0 unspecified atom stereocenters. The molecule has 0 aliphatic carbocycles. The van der Waals surface area contributed by atoms with Crippen molar-refractivity contribution in [3.05, 3.63) is 75.1 Å². The first-order valence-corrected chi connectivity index (χ1v) is 8.71. The minimum absolute atomic E-state index is 0.211. The standard InChI is InChI=1S/C18H12ClNO2S2/c1-11-6-8-12(9-7-11)10-15-17(22)20(18(23)24-15)16(21)13-4-2-3-5-14(13)19/h2-10H,1H3. The van der Waals surface area contributed by atoms with E-state index in [0.717, 1.165) is 27.8 Å². The molecule has 1 saturated heterocycles. The Balaban J connectivity index is 1.91. The highest BCUT2D eigenvalue weighted by Crippen LogP contribution is 2.34. The van der Waals surface area contributed by atoms with Crippen LogP contribution in [-0.4, -0.2) is 21.0 Å². The van der Waals surface area contributed by atoms with Crippen LogP contribution in [0.3, 0.4) is 0 Å². The van der Waals surface area contributed by atoms with Gasteiger partial charge in [-0.25, -0.2) is 4.90 Å². The first-order chi connectivity index (χ1) is 11.5. The molecule has 0 aromatic heterocycles. The molecule has 3 nitrogen and oxygen atoms in total. The molecular weight excluding hydrogens is 362 g/mol. The van der Waals surface area contributed by atoms with Gasteiger partial charge in [-0.3, -0.25) is 9.59 Å². The van der Waals surface area contributed by atoms with Crippen molar-refractivity contribution < 1.29 is 9.59 Å². The van der Waals surface area contributed by atoms with Crippen molar-refractivity contribution in [2.45, 2.75) is 6.92 Å². The van der Waals surface area contributed by atoms with Crippen LogP contribution >= 0.6 is 35.6 Å². The predicted molar refractivity (Wildman–Crippen MR) is 102 cm³/mol. The molecule has 120 valence electrons. The molecule has 1 heterocycles. The maximum atomic E-state index is 12.6. The molecule has 1 fully saturated rings. The van der Waals surface area contributed by atoms with Gasteiger partial charge in [-0.05, 0) is 30.7 Å². The second-order valence-corrected chi connectivity index (χ2v) is 7.30. The first kappa shape index (κ1) is 16.9. The fourth-order valence-electron chi connectivity index (χ4n) is 2.21. The fourth-order valence-corrected chi connectivity index (χ4v) is 3.68. The Hall–Kier alpha value is -1.95. The summed E-state index contributed by atoms with van der Waals surface area (Å²) in [5.41, 5.74) is 2.27. The van der Waals surface area contributed by atoms with Gasteiger partial charge in [0.1, 0.15) is 0 Å². The van der Waals surface area contributed by atoms with Crippen molar-refractivity contribution in [2.75, 3.05) is 0 Å². The molecule has 0 radical (unpaired) electrons. The molecule has 0 bridgehead atoms. The highest BCUT2D eigenvalue weighted by atomic mass is 35.5. The largest absolute Gasteiger partial charge is 0.273 e. The van der Waals surface area contributed by atoms with Crippen molar-refractivity contribution >= 4 is 57.8 Å². The lowest BCUT2D eigenvalue weighted by Crippen LogP contribution is -2.34. The van der Waals surface area contributed by atoms with E-state index in [4.69, 9.17) is 23.8 Å². The Morgan fingerprint density at radius 1 is 1.17 bits per heavy atom. The molecule has 2 aromatic carbocycles. The smallest absolute Gasteiger partial charge is 0.268 e. The van der Waals surface area contributed by atoms with E-state index in [1.54, 1.807) is 30.3 Å². The van der Waals surface area contributed by atoms with E-state index in [-0.39, 0.29) is 9.88 Å². The lowest BCUT2D eigenvalue weighted by atomic mass is 10.1. The Morgan fingerprint density at radius 3 is 2.50 bits per heavy atom. The van der Waals surface area contributed by atoms with E-state index >= 15 is 0 Å². The van der Waals surface area contributed by atoms with Crippen LogP contribution in [0.1, 0.15) is 21.5 Å². The maximum absolute atomic E-state index is 12.6. The summed E-state index contributed by atoms with van der Waals surface area (Å²) in [4.78, 5) is 26.6. The van der Waals surface area contributed by atoms with Gasteiger partial charge in [-0.15, -0.1) is 0 Å². The number of nitrogens with zero attached hydrogens (tertiary/aromatic N) is 1. The second-order valence-electron chi connectivity index (χ2n) is 5.21. The van der Waals surface area contributed by atoms with Crippen molar-refractivity contribution in [3.63, 3.8) is 0 Å². The third kappa shape index (κ3) is 3.29. The van der Waals surface area contributed by atoms with Gasteiger partial charge in [0.05, 0.1) is 15.5 Å². The average Bonchev–Trinajstić information content (AvgIpc) is 2.83. The van der Waals surface area contributed by atoms with Crippen molar-refractivity contribution in [3.8, 4) is 0 Å². The van der Waals surface area contributed by atoms with E-state index in [1.807, 2.05) is 31.2 Å². The number of amides is 2. The third-order valence-electron chi connectivity index (χ3n) is 3.48. The van der Waals surface area contributed by atoms with Gasteiger partial charge < -0.3 is 0 Å². The SMILES string of the molecule is Cc1ccc(C=C2SC(=S)N(C(=O)c3ccccc3Cl)C2=O)cc1. The van der Waals surface area contributed by atoms with E-state index in [0.29, 0.717) is 9.93 Å². The molecule has 0 saturated carbocycles. The van der Waals surface area contributed by atoms with E-state index < -0.39 is 11.8 Å². The number of carbonyl (C=O) groups excluding carboxylic acids is 2. The quantitative estimate of drug-likeness (QED) is 0.435. The van der Waals surface area contributed by atoms with Crippen molar-refractivity contribution in [1.29, 1.82) is 0 Å². The minimum atomic E-state index is -0.504. The van der Waals surface area contributed by atoms with Crippen LogP contribution in [0, 0.1) is 6.92 Å². The highest BCUT2D eigenvalue weighted by Gasteiger charge is 2.37. The summed E-state index contributed by atoms with van der Waals surface area (Å²) in [6, 6.07) is 14.3. The van der Waals surface area contributed by atoms with E-state index in [2.05, 4.69) is 0 Å². The van der Waals surface area contributed by atoms with Gasteiger partial charge in [0.2, 0.25) is 0 Å². The Morgan fingerprint density at radius 2 is 1.83 bits per heavy atom. The topological polar surface area (TPSA) is 37.4 Å². The fraction of sp³-hybridized carbons (Fsp3) is 0.0556. The number of halogens is 1. The summed E-state index contributed by atoms with van der Waals surface area (Å²) in [7, 11) is 0. The molecule has 2 amide bonds. The van der Waals surface area contributed by atoms with Crippen LogP contribution in [0.4, 0.5) is 0 Å². The number of imide groups is 1. The zero-order valence-corrected chi connectivity index (χ0v) is 15.0. The molecule has 1 aliphatic rings. The summed E-state index contributed by atoms with van der Waals surface area (Å²) in [6.45, 7) is 1.99. The summed E-state index contributed by atoms with van der Waals surface area (Å²) >= 11 is 12.4. The zero-order chi connectivity index (χ0) is 17.3. The van der Waals surface area contributed by atoms with Crippen LogP contribution < -0.4 is 0 Å². The molecule has 2 aromatic rings. The van der Waals surface area contributed by atoms with Gasteiger partial charge in [0.25, 0.3) is 11.8 Å². The minimum Gasteiger partial charge on any atom is -0.268 e. The number of hydrogen-bond donors (Lipinski definition) is 0. The summed E-state index contributed by atoms with van der Waals surface area (Å²) in [5, 5.41) is 0.291. The van der Waals surface area contributed by atoms with Gasteiger partial charge in [0, 0.05) is 0 Å². The molecule has 6 heteroatoms. The molecular formula is C18H12ClNO2S2. The van der Waals surface area contributed by atoms with Gasteiger partial charge >= 0.3 is 0 Å². The summed E-state index contributed by atoms with van der Waals surface area (Å²) in [5.74, 6) is -0.925. The Kier molecular flexibility index (Phi) is 4.85. The van der Waals surface area contributed by atoms with Gasteiger partial charge in [0.15, 0.2) is 4.32 Å². The summed E-state index contributed by atoms with van der Waals surface area (Å²) < 4.78 is 0.211. The summed E-state index contributed by atoms with van der Waals surface area (Å²) in [6.07, 6.45) is 1.73. The van der Waals surface area contributed by atoms with E-state index in [1.165, 1.54) is 0 Å². The molecule has 0 spiro atoms. The van der Waals surface area contributed by atoms with Crippen LogP contribution in [0.2, 0.25) is 5.02 Å². The number of rotatable bonds is 2. The number of benzene rings is 2. The van der Waals surface area contributed by atoms with Crippen LogP contribution in [-0.2, 0) is 4.79 Å². The predicted octanol–water partition coefficient (Wildman–Crippen LogP) is 4.69. The molecule has 0 N–H and O–H groups in total. The normalized spacial score (nSPS) is 16.1. The van der Waals surface area contributed by atoms with Crippen LogP contribution in [0.15, 0.2) is 53.4 Å². The zero-order valence-electron chi connectivity index (χ0n) is 12.7. The number of thiocarbonyl (C=S) groups is 1. The highest BCUT2D eigenvalue weighted by molar-refractivity contribution is 8.26. The van der Waals surface area contributed by atoms with Crippen LogP contribution in [0.5, 0.6) is 0 Å². The lowest BCUT2D eigenvalue weighted by molar-refractivity contribution is -0.120. The number of aryl methyl sites for hydroxylation is 1. The molecule has 0 atom stereocenters. The molecule has 1 aliphatic heterocycles. The number of hydrogen-bond acceptors (Lipinski definition) is 4. The number of carbonyl (C=O) groups is 2. The first-order valence-electron chi connectivity index (χ1n) is 7.11. The second kappa shape index (κ2) is 6.89. The van der Waals surface area contributed by atoms with Crippen molar-refractivity contribution in [1.82, 2.24) is 4.90 Å². The van der Waals surface area contributed by atoms with Gasteiger partial charge in [-0.1, -0.05) is 77.5 Å². The maximum Gasteiger partial charge on any atom is 0.273 e. The van der Waals surface area contributed by atoms with E-state index in [9.17, 15) is 9.59 Å². The third-order valence-corrected chi connectivity index (χ3v) is 5.11. The lowest BCUT2D eigenvalue weighted by Gasteiger charge is -2.13. The average molecular weight is 374 g/mol. The van der Waals surface area contributed by atoms with Crippen LogP contribution in [0.25, 0.3) is 6.08 Å². The van der Waals surface area contributed by atoms with Gasteiger partial charge in [-0.2, -0.15) is 0 Å². The monoisotopic (exact) mass is 373 g/mol. The molecule has 3 rings (SSSR count). The number of thioether (sulfide) groups is 1. The Bertz CT molecular complexity index is 875. The molecule has 24 heavy (non-hydrogen) atoms.